The molecule has 0 aliphatic carbocycles. The monoisotopic (exact) mass is 341 g/mol. The first-order valence-electron chi connectivity index (χ1n) is 6.42. The summed E-state index contributed by atoms with van der Waals surface area (Å²) in [5, 5.41) is 11.1. The first-order chi connectivity index (χ1) is 9.49. The number of hydrogen-bond donors (Lipinski definition) is 0. The fraction of sp³-hybridized carbons (Fsp3) is 0.462. The Morgan fingerprint density at radius 3 is 2.70 bits per heavy atom. The van der Waals surface area contributed by atoms with Crippen molar-refractivity contribution < 1.29 is 9.72 Å². The van der Waals surface area contributed by atoms with Crippen LogP contribution in [0, 0.1) is 10.1 Å². The van der Waals surface area contributed by atoms with Crippen molar-refractivity contribution in [1.82, 2.24) is 4.90 Å². The predicted octanol–water partition coefficient (Wildman–Crippen LogP) is 2.42. The molecule has 1 aliphatic rings. The summed E-state index contributed by atoms with van der Waals surface area (Å²) in [6.45, 7) is 1.73. The van der Waals surface area contributed by atoms with E-state index in [0.717, 1.165) is 25.9 Å². The molecule has 0 radical (unpaired) electrons. The Labute approximate surface area is 125 Å². The van der Waals surface area contributed by atoms with Gasteiger partial charge < -0.3 is 9.80 Å². The van der Waals surface area contributed by atoms with Crippen molar-refractivity contribution in [3.63, 3.8) is 0 Å². The maximum Gasteiger partial charge on any atom is 0.293 e. The molecule has 108 valence electrons. The Balaban J connectivity index is 2.14. The van der Waals surface area contributed by atoms with Gasteiger partial charge in [-0.2, -0.15) is 0 Å². The van der Waals surface area contributed by atoms with Crippen molar-refractivity contribution in [2.75, 3.05) is 31.6 Å². The highest BCUT2D eigenvalue weighted by Crippen LogP contribution is 2.30. The first kappa shape index (κ1) is 14.8. The fourth-order valence-corrected chi connectivity index (χ4v) is 2.67. The second-order valence-electron chi connectivity index (χ2n) is 4.83. The molecule has 1 aromatic rings. The lowest BCUT2D eigenvalue weighted by Crippen LogP contribution is -2.37. The molecule has 0 aromatic heterocycles. The topological polar surface area (TPSA) is 66.7 Å². The van der Waals surface area contributed by atoms with Crippen molar-refractivity contribution in [2.24, 2.45) is 0 Å². The Bertz CT molecular complexity index is 530. The Morgan fingerprint density at radius 2 is 2.10 bits per heavy atom. The average molecular weight is 342 g/mol. The molecule has 6 nitrogen and oxygen atoms in total. The molecular formula is C13H16BrN3O3. The summed E-state index contributed by atoms with van der Waals surface area (Å²) in [4.78, 5) is 26.2. The number of anilines is 1. The van der Waals surface area contributed by atoms with Crippen molar-refractivity contribution in [3.05, 3.63) is 32.8 Å². The lowest BCUT2D eigenvalue weighted by atomic mass is 10.2. The minimum absolute atomic E-state index is 0.00361. The molecule has 0 N–H and O–H groups in total. The van der Waals surface area contributed by atoms with Gasteiger partial charge in [0.25, 0.3) is 5.69 Å². The lowest BCUT2D eigenvalue weighted by molar-refractivity contribution is -0.384. The van der Waals surface area contributed by atoms with Crippen LogP contribution in [0.1, 0.15) is 12.8 Å². The van der Waals surface area contributed by atoms with E-state index in [2.05, 4.69) is 15.9 Å². The van der Waals surface area contributed by atoms with Crippen LogP contribution < -0.4 is 4.90 Å². The smallest absolute Gasteiger partial charge is 0.293 e. The number of rotatable bonds is 4. The van der Waals surface area contributed by atoms with Crippen molar-refractivity contribution >= 4 is 33.2 Å². The zero-order chi connectivity index (χ0) is 14.7. The molecule has 1 aliphatic heterocycles. The van der Waals surface area contributed by atoms with Gasteiger partial charge in [-0.15, -0.1) is 0 Å². The lowest BCUT2D eigenvalue weighted by Gasteiger charge is -2.22. The molecule has 20 heavy (non-hydrogen) atoms. The minimum Gasteiger partial charge on any atom is -0.360 e. The number of hydrogen-bond acceptors (Lipinski definition) is 4. The van der Waals surface area contributed by atoms with Crippen molar-refractivity contribution in [1.29, 1.82) is 0 Å². The van der Waals surface area contributed by atoms with Gasteiger partial charge >= 0.3 is 0 Å². The van der Waals surface area contributed by atoms with E-state index in [1.54, 1.807) is 29.0 Å². The van der Waals surface area contributed by atoms with Gasteiger partial charge in [-0.05, 0) is 25.0 Å². The summed E-state index contributed by atoms with van der Waals surface area (Å²) in [5.41, 5.74) is 0.446. The molecule has 7 heteroatoms. The fourth-order valence-electron chi connectivity index (χ4n) is 2.32. The van der Waals surface area contributed by atoms with Gasteiger partial charge in [0.15, 0.2) is 0 Å². The molecule has 2 rings (SSSR count). The predicted molar refractivity (Wildman–Crippen MR) is 79.9 cm³/mol. The van der Waals surface area contributed by atoms with Crippen molar-refractivity contribution in [3.8, 4) is 0 Å². The van der Waals surface area contributed by atoms with E-state index in [1.165, 1.54) is 6.07 Å². The number of nitro benzene ring substituents is 1. The number of likely N-dealkylation sites (tertiary alicyclic amines) is 1. The van der Waals surface area contributed by atoms with Crippen LogP contribution in [0.15, 0.2) is 22.7 Å². The molecule has 1 amide bonds. The Kier molecular flexibility index (Phi) is 4.59. The van der Waals surface area contributed by atoms with E-state index in [-0.39, 0.29) is 18.1 Å². The van der Waals surface area contributed by atoms with Crippen LogP contribution in [-0.2, 0) is 4.79 Å². The maximum absolute atomic E-state index is 12.1. The van der Waals surface area contributed by atoms with Gasteiger partial charge in [-0.3, -0.25) is 14.9 Å². The van der Waals surface area contributed by atoms with Gasteiger partial charge in [-0.25, -0.2) is 0 Å². The molecule has 1 saturated heterocycles. The molecule has 0 unspecified atom stereocenters. The van der Waals surface area contributed by atoms with Gasteiger partial charge in [-0.1, -0.05) is 15.9 Å². The number of carbonyl (C=O) groups is 1. The molecule has 1 aromatic carbocycles. The number of benzene rings is 1. The number of likely N-dealkylation sites (N-methyl/N-ethyl adjacent to an activating group) is 1. The van der Waals surface area contributed by atoms with E-state index in [4.69, 9.17) is 0 Å². The quantitative estimate of drug-likeness (QED) is 0.623. The van der Waals surface area contributed by atoms with E-state index in [1.807, 2.05) is 0 Å². The SMILES string of the molecule is CN(CC(=O)N1CCCC1)c1ccc(Br)cc1[N+](=O)[O-]. The summed E-state index contributed by atoms with van der Waals surface area (Å²) >= 11 is 3.22. The van der Waals surface area contributed by atoms with Crippen LogP contribution in [0.4, 0.5) is 11.4 Å². The third-order valence-corrected chi connectivity index (χ3v) is 3.87. The van der Waals surface area contributed by atoms with Gasteiger partial charge in [0.05, 0.1) is 11.5 Å². The third kappa shape index (κ3) is 3.27. The third-order valence-electron chi connectivity index (χ3n) is 3.38. The average Bonchev–Trinajstić information content (AvgIpc) is 2.92. The maximum atomic E-state index is 12.1. The van der Waals surface area contributed by atoms with E-state index in [9.17, 15) is 14.9 Å². The second kappa shape index (κ2) is 6.21. The summed E-state index contributed by atoms with van der Waals surface area (Å²) in [6, 6.07) is 4.84. The zero-order valence-corrected chi connectivity index (χ0v) is 12.8. The molecular weight excluding hydrogens is 326 g/mol. The van der Waals surface area contributed by atoms with E-state index in [0.29, 0.717) is 10.2 Å². The van der Waals surface area contributed by atoms with Gasteiger partial charge in [0.1, 0.15) is 5.69 Å². The standard InChI is InChI=1S/C13H16BrN3O3/c1-15(9-13(18)16-6-2-3-7-16)11-5-4-10(14)8-12(11)17(19)20/h4-5,8H,2-3,6-7,9H2,1H3. The molecule has 0 bridgehead atoms. The van der Waals surface area contributed by atoms with Crippen LogP contribution in [0.5, 0.6) is 0 Å². The number of nitrogens with zero attached hydrogens (tertiary/aromatic N) is 3. The van der Waals surface area contributed by atoms with Gasteiger partial charge in [0, 0.05) is 30.7 Å². The highest BCUT2D eigenvalue weighted by Gasteiger charge is 2.23. The van der Waals surface area contributed by atoms with Crippen molar-refractivity contribution in [2.45, 2.75) is 12.8 Å². The number of amides is 1. The molecule has 1 fully saturated rings. The molecule has 0 spiro atoms. The summed E-state index contributed by atoms with van der Waals surface area (Å²) in [6.07, 6.45) is 2.07. The Morgan fingerprint density at radius 1 is 1.45 bits per heavy atom. The minimum atomic E-state index is -0.434. The van der Waals surface area contributed by atoms with Crippen LogP contribution in [0.2, 0.25) is 0 Å². The number of carbonyl (C=O) groups excluding carboxylic acids is 1. The zero-order valence-electron chi connectivity index (χ0n) is 11.2. The summed E-state index contributed by atoms with van der Waals surface area (Å²) in [7, 11) is 1.70. The summed E-state index contributed by atoms with van der Waals surface area (Å²) < 4.78 is 0.646. The molecule has 1 heterocycles. The van der Waals surface area contributed by atoms with Crippen LogP contribution >= 0.6 is 15.9 Å². The summed E-state index contributed by atoms with van der Waals surface area (Å²) in [5.74, 6) is 0.0159. The van der Waals surface area contributed by atoms with Crippen LogP contribution in [0.25, 0.3) is 0 Å². The first-order valence-corrected chi connectivity index (χ1v) is 7.21. The van der Waals surface area contributed by atoms with E-state index < -0.39 is 4.92 Å². The number of halogens is 1. The Hall–Kier alpha value is -1.63. The van der Waals surface area contributed by atoms with Crippen LogP contribution in [0.3, 0.4) is 0 Å². The molecule has 0 atom stereocenters. The second-order valence-corrected chi connectivity index (χ2v) is 5.75. The van der Waals surface area contributed by atoms with E-state index >= 15 is 0 Å². The largest absolute Gasteiger partial charge is 0.360 e. The highest BCUT2D eigenvalue weighted by atomic mass is 79.9. The van der Waals surface area contributed by atoms with Crippen LogP contribution in [-0.4, -0.2) is 42.4 Å². The molecule has 0 saturated carbocycles. The highest BCUT2D eigenvalue weighted by molar-refractivity contribution is 9.10. The number of nitro groups is 1. The normalized spacial score (nSPS) is 14.4. The van der Waals surface area contributed by atoms with Gasteiger partial charge in [0.2, 0.25) is 5.91 Å².